The van der Waals surface area contributed by atoms with Crippen molar-refractivity contribution < 1.29 is 28.2 Å². The summed E-state index contributed by atoms with van der Waals surface area (Å²) in [4.78, 5) is 39.7. The lowest BCUT2D eigenvalue weighted by Gasteiger charge is -2.35. The Kier molecular flexibility index (Phi) is 6.15. The molecule has 2 heterocycles. The molecule has 0 fully saturated rings. The van der Waals surface area contributed by atoms with Crippen LogP contribution >= 0.6 is 11.6 Å². The van der Waals surface area contributed by atoms with Crippen LogP contribution in [0.1, 0.15) is 23.7 Å². The van der Waals surface area contributed by atoms with Crippen molar-refractivity contribution in [2.45, 2.75) is 18.9 Å². The number of ether oxygens (including phenoxy) is 3. The van der Waals surface area contributed by atoms with Crippen LogP contribution in [0.25, 0.3) is 22.1 Å². The predicted octanol–water partition coefficient (Wildman–Crippen LogP) is 6.05. The van der Waals surface area contributed by atoms with Crippen molar-refractivity contribution >= 4 is 39.8 Å². The number of hydrogen-bond acceptors (Lipinski definition) is 8. The first-order valence-corrected chi connectivity index (χ1v) is 13.0. The molecule has 1 aliphatic heterocycles. The van der Waals surface area contributed by atoms with Crippen molar-refractivity contribution in [3.63, 3.8) is 0 Å². The van der Waals surface area contributed by atoms with Gasteiger partial charge in [-0.2, -0.15) is 0 Å². The van der Waals surface area contributed by atoms with Crippen molar-refractivity contribution in [1.82, 2.24) is 0 Å². The molecule has 4 aromatic rings. The fraction of sp³-hybridized carbons (Fsp3) is 0.194. The number of Topliss-reactive ketones (excluding diaryl/α,β-unsaturated/α-hetero) is 1. The summed E-state index contributed by atoms with van der Waals surface area (Å²) < 4.78 is 22.2. The third-order valence-corrected chi connectivity index (χ3v) is 7.81. The normalized spacial score (nSPS) is 19.8. The first-order chi connectivity index (χ1) is 19.3. The predicted molar refractivity (Wildman–Crippen MR) is 151 cm³/mol. The molecule has 0 bridgehead atoms. The number of nitrogens with one attached hydrogen (secondary N) is 1. The Balaban J connectivity index is 1.27. The van der Waals surface area contributed by atoms with Gasteiger partial charge in [-0.3, -0.25) is 9.59 Å². The Morgan fingerprint density at radius 1 is 0.975 bits per heavy atom. The Labute approximate surface area is 234 Å². The number of carbonyl (C=O) groups excluding carboxylic acids is 2. The number of anilines is 1. The van der Waals surface area contributed by atoms with E-state index in [0.717, 1.165) is 5.39 Å². The van der Waals surface area contributed by atoms with Crippen LogP contribution in [0.3, 0.4) is 0 Å². The number of benzene rings is 3. The number of para-hydroxylation sites is 1. The summed E-state index contributed by atoms with van der Waals surface area (Å²) in [7, 11) is 2.87. The topological polar surface area (TPSA) is 104 Å². The lowest BCUT2D eigenvalue weighted by molar-refractivity contribution is -0.129. The van der Waals surface area contributed by atoms with Gasteiger partial charge in [-0.25, -0.2) is 4.79 Å². The van der Waals surface area contributed by atoms with E-state index in [-0.39, 0.29) is 27.8 Å². The van der Waals surface area contributed by atoms with Crippen LogP contribution in [0.5, 0.6) is 17.2 Å². The molecule has 3 aromatic carbocycles. The van der Waals surface area contributed by atoms with Crippen molar-refractivity contribution in [3.05, 3.63) is 93.4 Å². The third kappa shape index (κ3) is 3.86. The van der Waals surface area contributed by atoms with Gasteiger partial charge in [-0.1, -0.05) is 48.9 Å². The summed E-state index contributed by atoms with van der Waals surface area (Å²) in [6.45, 7) is 1.79. The number of methoxy groups -OCH3 is 2. The lowest BCUT2D eigenvalue weighted by Crippen LogP contribution is -2.55. The number of rotatable bonds is 5. The highest BCUT2D eigenvalue weighted by Gasteiger charge is 2.60. The minimum atomic E-state index is -1.75. The standard InChI is InChI=1S/C31H24ClNO7/c1-16-12-20(14-25(34)31(16)29(35)26-23(37-2)15-24(38-3)27(32)28(26)40-31)33-19-10-8-17(9-11-19)21-13-18-6-4-5-7-22(18)39-30(21)36/h4-11,13-16,33H,12H2,1-3H3/t16-,31+/m1/s1. The van der Waals surface area contributed by atoms with E-state index >= 15 is 0 Å². The van der Waals surface area contributed by atoms with E-state index in [4.69, 9.17) is 30.2 Å². The van der Waals surface area contributed by atoms with Crippen molar-refractivity contribution in [1.29, 1.82) is 0 Å². The summed E-state index contributed by atoms with van der Waals surface area (Å²) in [5.41, 5.74) is 0.998. The average Bonchev–Trinajstić information content (AvgIpc) is 3.27. The molecule has 0 amide bonds. The van der Waals surface area contributed by atoms with Crippen LogP contribution in [0.15, 0.2) is 81.6 Å². The molecule has 40 heavy (non-hydrogen) atoms. The van der Waals surface area contributed by atoms with Gasteiger partial charge in [0, 0.05) is 34.8 Å². The summed E-state index contributed by atoms with van der Waals surface area (Å²) >= 11 is 6.46. The Hall–Kier alpha value is -4.56. The van der Waals surface area contributed by atoms with Crippen LogP contribution in [0.4, 0.5) is 5.69 Å². The number of hydrogen-bond donors (Lipinski definition) is 1. The molecular formula is C31H24ClNO7. The van der Waals surface area contributed by atoms with Gasteiger partial charge in [0.2, 0.25) is 17.2 Å². The second kappa shape index (κ2) is 9.57. The van der Waals surface area contributed by atoms with Crippen molar-refractivity contribution in [3.8, 4) is 28.4 Å². The van der Waals surface area contributed by atoms with E-state index in [2.05, 4.69) is 5.32 Å². The molecule has 9 heteroatoms. The van der Waals surface area contributed by atoms with E-state index in [0.29, 0.717) is 34.5 Å². The summed E-state index contributed by atoms with van der Waals surface area (Å²) in [6.07, 6.45) is 1.76. The third-order valence-electron chi connectivity index (χ3n) is 7.45. The zero-order valence-corrected chi connectivity index (χ0v) is 22.6. The van der Waals surface area contributed by atoms with E-state index in [1.54, 1.807) is 31.2 Å². The van der Waals surface area contributed by atoms with E-state index in [1.165, 1.54) is 26.4 Å². The van der Waals surface area contributed by atoms with Gasteiger partial charge in [0.05, 0.1) is 19.8 Å². The molecule has 2 atom stereocenters. The zero-order valence-electron chi connectivity index (χ0n) is 21.9. The molecule has 0 unspecified atom stereocenters. The molecule has 8 nitrogen and oxygen atoms in total. The molecule has 0 radical (unpaired) electrons. The highest BCUT2D eigenvalue weighted by Crippen LogP contribution is 2.53. The number of halogens is 1. The Bertz CT molecular complexity index is 1790. The minimum Gasteiger partial charge on any atom is -0.496 e. The van der Waals surface area contributed by atoms with Gasteiger partial charge in [-0.15, -0.1) is 0 Å². The van der Waals surface area contributed by atoms with Crippen molar-refractivity contribution in [2.24, 2.45) is 5.92 Å². The van der Waals surface area contributed by atoms with Crippen LogP contribution in [-0.4, -0.2) is 31.4 Å². The zero-order chi connectivity index (χ0) is 28.2. The maximum Gasteiger partial charge on any atom is 0.344 e. The molecule has 1 spiro atoms. The minimum absolute atomic E-state index is 0.0848. The smallest absolute Gasteiger partial charge is 0.344 e. The van der Waals surface area contributed by atoms with Gasteiger partial charge in [0.15, 0.2) is 5.75 Å². The number of ketones is 2. The van der Waals surface area contributed by atoms with Crippen LogP contribution in [-0.2, 0) is 4.79 Å². The Morgan fingerprint density at radius 3 is 2.40 bits per heavy atom. The second-order valence-electron chi connectivity index (χ2n) is 9.79. The van der Waals surface area contributed by atoms with Crippen LogP contribution in [0.2, 0.25) is 5.02 Å². The van der Waals surface area contributed by atoms with Crippen LogP contribution < -0.4 is 25.2 Å². The van der Waals surface area contributed by atoms with Gasteiger partial charge in [0.25, 0.3) is 0 Å². The van der Waals surface area contributed by atoms with E-state index in [9.17, 15) is 14.4 Å². The van der Waals surface area contributed by atoms with Gasteiger partial charge >= 0.3 is 5.63 Å². The second-order valence-corrected chi connectivity index (χ2v) is 10.2. The Morgan fingerprint density at radius 2 is 1.70 bits per heavy atom. The molecule has 0 saturated carbocycles. The number of carbonyl (C=O) groups is 2. The molecule has 1 aliphatic carbocycles. The average molecular weight is 558 g/mol. The van der Waals surface area contributed by atoms with Gasteiger partial charge < -0.3 is 23.9 Å². The molecule has 2 aliphatic rings. The molecule has 0 saturated heterocycles. The molecule has 1 N–H and O–H groups in total. The number of fused-ring (bicyclic) bond motifs is 2. The number of allylic oxidation sites excluding steroid dienone is 1. The van der Waals surface area contributed by atoms with E-state index < -0.39 is 28.7 Å². The van der Waals surface area contributed by atoms with Crippen LogP contribution in [0, 0.1) is 5.92 Å². The largest absolute Gasteiger partial charge is 0.496 e. The van der Waals surface area contributed by atoms with Gasteiger partial charge in [-0.05, 0) is 36.2 Å². The highest BCUT2D eigenvalue weighted by molar-refractivity contribution is 6.36. The maximum atomic E-state index is 13.7. The summed E-state index contributed by atoms with van der Waals surface area (Å²) in [5, 5.41) is 4.20. The molecule has 6 rings (SSSR count). The highest BCUT2D eigenvalue weighted by atomic mass is 35.5. The fourth-order valence-electron chi connectivity index (χ4n) is 5.40. The molecular weight excluding hydrogens is 534 g/mol. The quantitative estimate of drug-likeness (QED) is 0.234. The first kappa shape index (κ1) is 25.7. The monoisotopic (exact) mass is 557 g/mol. The SMILES string of the molecule is COc1cc(OC)c2c(c1Cl)O[C@@]1(C(=O)C=C(Nc3ccc(-c4cc5ccccc5oc4=O)cc3)C[C@H]1C)C2=O. The fourth-order valence-corrected chi connectivity index (χ4v) is 5.66. The van der Waals surface area contributed by atoms with Crippen molar-refractivity contribution in [2.75, 3.05) is 19.5 Å². The summed E-state index contributed by atoms with van der Waals surface area (Å²) in [5.74, 6) is -0.901. The van der Waals surface area contributed by atoms with Gasteiger partial charge in [0.1, 0.15) is 27.7 Å². The molecule has 202 valence electrons. The summed E-state index contributed by atoms with van der Waals surface area (Å²) in [6, 6.07) is 17.9. The first-order valence-electron chi connectivity index (χ1n) is 12.6. The lowest BCUT2D eigenvalue weighted by atomic mass is 9.74. The maximum absolute atomic E-state index is 13.7. The van der Waals surface area contributed by atoms with E-state index in [1.807, 2.05) is 30.3 Å². The molecule has 1 aromatic heterocycles.